The molecule has 0 amide bonds. The molecular formula is C8H9NO2S. The van der Waals surface area contributed by atoms with E-state index in [-0.39, 0.29) is 13.2 Å². The fraction of sp³-hybridized carbons (Fsp3) is 0.375. The largest absolute Gasteiger partial charge is 0.395 e. The molecule has 3 nitrogen and oxygen atoms in total. The third kappa shape index (κ3) is 2.62. The first kappa shape index (κ1) is 9.20. The number of aromatic nitrogens is 1. The summed E-state index contributed by atoms with van der Waals surface area (Å²) in [5.41, 5.74) is 0. The highest BCUT2D eigenvalue weighted by atomic mass is 32.1. The average molecular weight is 183 g/mol. The molecule has 0 bridgehead atoms. The second kappa shape index (κ2) is 4.88. The summed E-state index contributed by atoms with van der Waals surface area (Å²) in [5, 5.41) is 17.8. The van der Waals surface area contributed by atoms with Gasteiger partial charge in [-0.15, -0.1) is 11.3 Å². The third-order valence-electron chi connectivity index (χ3n) is 1.14. The first-order valence-electron chi connectivity index (χ1n) is 3.52. The van der Waals surface area contributed by atoms with E-state index in [1.807, 2.05) is 0 Å². The zero-order chi connectivity index (χ0) is 8.81. The monoisotopic (exact) mass is 183 g/mol. The average Bonchev–Trinajstić information content (AvgIpc) is 2.53. The minimum atomic E-state index is 0.0132. The van der Waals surface area contributed by atoms with Crippen molar-refractivity contribution in [2.24, 2.45) is 0 Å². The summed E-state index contributed by atoms with van der Waals surface area (Å²) >= 11 is 1.37. The second-order valence-electron chi connectivity index (χ2n) is 2.07. The first-order valence-corrected chi connectivity index (χ1v) is 4.33. The van der Waals surface area contributed by atoms with Crippen molar-refractivity contribution in [1.82, 2.24) is 4.98 Å². The highest BCUT2D eigenvalue weighted by Gasteiger charge is 1.95. The topological polar surface area (TPSA) is 53.4 Å². The van der Waals surface area contributed by atoms with Crippen LogP contribution in [0, 0.1) is 11.8 Å². The van der Waals surface area contributed by atoms with Gasteiger partial charge in [0.05, 0.1) is 18.1 Å². The van der Waals surface area contributed by atoms with Crippen LogP contribution in [0.1, 0.15) is 16.3 Å². The maximum atomic E-state index is 8.70. The Labute approximate surface area is 74.7 Å². The maximum absolute atomic E-state index is 8.70. The van der Waals surface area contributed by atoms with Crippen molar-refractivity contribution < 1.29 is 10.2 Å². The van der Waals surface area contributed by atoms with Crippen LogP contribution in [0.2, 0.25) is 0 Å². The standard InChI is InChI=1S/C8H9NO2S/c10-4-2-1-3-8-9-5-7(6-11)12-8/h5,10-11H,2,4,6H2. The van der Waals surface area contributed by atoms with E-state index in [0.717, 1.165) is 4.88 Å². The second-order valence-corrected chi connectivity index (χ2v) is 3.18. The number of thiazole rings is 1. The SMILES string of the molecule is OCCC#Cc1ncc(CO)s1. The highest BCUT2D eigenvalue weighted by molar-refractivity contribution is 7.12. The van der Waals surface area contributed by atoms with Crippen molar-refractivity contribution >= 4 is 11.3 Å². The van der Waals surface area contributed by atoms with E-state index in [1.165, 1.54) is 11.3 Å². The fourth-order valence-electron chi connectivity index (χ4n) is 0.632. The van der Waals surface area contributed by atoms with Gasteiger partial charge in [0.25, 0.3) is 0 Å². The lowest BCUT2D eigenvalue weighted by Gasteiger charge is -1.79. The number of aliphatic hydroxyl groups is 2. The number of aliphatic hydroxyl groups excluding tert-OH is 2. The maximum Gasteiger partial charge on any atom is 0.167 e. The molecule has 12 heavy (non-hydrogen) atoms. The van der Waals surface area contributed by atoms with Gasteiger partial charge in [-0.3, -0.25) is 0 Å². The molecule has 0 aliphatic heterocycles. The van der Waals surface area contributed by atoms with E-state index in [1.54, 1.807) is 6.20 Å². The molecule has 1 rings (SSSR count). The van der Waals surface area contributed by atoms with Gasteiger partial charge in [-0.05, 0) is 5.92 Å². The van der Waals surface area contributed by atoms with Gasteiger partial charge in [-0.25, -0.2) is 4.98 Å². The molecule has 1 heterocycles. The van der Waals surface area contributed by atoms with Gasteiger partial charge in [0.2, 0.25) is 0 Å². The van der Waals surface area contributed by atoms with E-state index in [2.05, 4.69) is 16.8 Å². The smallest absolute Gasteiger partial charge is 0.167 e. The van der Waals surface area contributed by atoms with Crippen LogP contribution in [0.15, 0.2) is 6.20 Å². The van der Waals surface area contributed by atoms with Crippen molar-refractivity contribution in [2.75, 3.05) is 6.61 Å². The Kier molecular flexibility index (Phi) is 3.74. The lowest BCUT2D eigenvalue weighted by molar-refractivity contribution is 0.285. The van der Waals surface area contributed by atoms with Crippen molar-refractivity contribution in [1.29, 1.82) is 0 Å². The van der Waals surface area contributed by atoms with Crippen LogP contribution in [0.3, 0.4) is 0 Å². The number of nitrogens with zero attached hydrogens (tertiary/aromatic N) is 1. The van der Waals surface area contributed by atoms with Crippen LogP contribution in [-0.2, 0) is 6.61 Å². The van der Waals surface area contributed by atoms with Crippen LogP contribution in [-0.4, -0.2) is 21.8 Å². The molecule has 64 valence electrons. The van der Waals surface area contributed by atoms with Gasteiger partial charge >= 0.3 is 0 Å². The molecular weight excluding hydrogens is 174 g/mol. The summed E-state index contributed by atoms with van der Waals surface area (Å²) < 4.78 is 0. The highest BCUT2D eigenvalue weighted by Crippen LogP contribution is 2.10. The molecule has 0 saturated heterocycles. The predicted octanol–water partition coefficient (Wildman–Crippen LogP) is 0.369. The Balaban J connectivity index is 2.59. The van der Waals surface area contributed by atoms with Crippen molar-refractivity contribution in [3.63, 3.8) is 0 Å². The Bertz CT molecular complexity index is 297. The van der Waals surface area contributed by atoms with Crippen molar-refractivity contribution in [3.05, 3.63) is 16.1 Å². The van der Waals surface area contributed by atoms with E-state index >= 15 is 0 Å². The molecule has 0 atom stereocenters. The number of hydrogen-bond donors (Lipinski definition) is 2. The Hall–Kier alpha value is -0.890. The van der Waals surface area contributed by atoms with E-state index < -0.39 is 0 Å². The zero-order valence-electron chi connectivity index (χ0n) is 6.45. The Morgan fingerprint density at radius 3 is 2.92 bits per heavy atom. The molecule has 0 unspecified atom stereocenters. The summed E-state index contributed by atoms with van der Waals surface area (Å²) in [6.45, 7) is 0.0879. The minimum absolute atomic E-state index is 0.0132. The molecule has 0 radical (unpaired) electrons. The van der Waals surface area contributed by atoms with Crippen molar-refractivity contribution in [2.45, 2.75) is 13.0 Å². The number of rotatable bonds is 2. The molecule has 1 aromatic rings. The molecule has 0 aromatic carbocycles. The number of hydrogen-bond acceptors (Lipinski definition) is 4. The van der Waals surface area contributed by atoms with Crippen LogP contribution in [0.25, 0.3) is 0 Å². The summed E-state index contributed by atoms with van der Waals surface area (Å²) in [4.78, 5) is 4.77. The molecule has 0 aliphatic rings. The van der Waals surface area contributed by atoms with Crippen LogP contribution in [0.4, 0.5) is 0 Å². The van der Waals surface area contributed by atoms with Gasteiger partial charge in [0.1, 0.15) is 0 Å². The van der Waals surface area contributed by atoms with Gasteiger partial charge < -0.3 is 10.2 Å². The normalized spacial score (nSPS) is 9.17. The molecule has 0 saturated carbocycles. The van der Waals surface area contributed by atoms with E-state index in [9.17, 15) is 0 Å². The minimum Gasteiger partial charge on any atom is -0.395 e. The Morgan fingerprint density at radius 2 is 2.33 bits per heavy atom. The molecule has 0 spiro atoms. The van der Waals surface area contributed by atoms with Gasteiger partial charge in [0.15, 0.2) is 5.01 Å². The molecule has 0 aliphatic carbocycles. The van der Waals surface area contributed by atoms with E-state index in [4.69, 9.17) is 10.2 Å². The zero-order valence-corrected chi connectivity index (χ0v) is 7.27. The molecule has 0 fully saturated rings. The summed E-state index contributed by atoms with van der Waals surface area (Å²) in [7, 11) is 0. The van der Waals surface area contributed by atoms with Crippen molar-refractivity contribution in [3.8, 4) is 11.8 Å². The van der Waals surface area contributed by atoms with E-state index in [0.29, 0.717) is 11.4 Å². The van der Waals surface area contributed by atoms with Gasteiger partial charge in [-0.1, -0.05) is 5.92 Å². The van der Waals surface area contributed by atoms with Crippen LogP contribution >= 0.6 is 11.3 Å². The van der Waals surface area contributed by atoms with Crippen LogP contribution in [0.5, 0.6) is 0 Å². The molecule has 2 N–H and O–H groups in total. The first-order chi connectivity index (χ1) is 5.86. The summed E-state index contributed by atoms with van der Waals surface area (Å²) in [6.07, 6.45) is 2.07. The quantitative estimate of drug-likeness (QED) is 0.651. The Morgan fingerprint density at radius 1 is 1.50 bits per heavy atom. The molecule has 4 heteroatoms. The van der Waals surface area contributed by atoms with Gasteiger partial charge in [-0.2, -0.15) is 0 Å². The molecule has 1 aromatic heterocycles. The predicted molar refractivity (Wildman–Crippen MR) is 46.6 cm³/mol. The summed E-state index contributed by atoms with van der Waals surface area (Å²) in [5.74, 6) is 5.54. The lowest BCUT2D eigenvalue weighted by atomic mass is 10.4. The summed E-state index contributed by atoms with van der Waals surface area (Å²) in [6, 6.07) is 0. The van der Waals surface area contributed by atoms with Gasteiger partial charge in [0, 0.05) is 12.6 Å². The lowest BCUT2D eigenvalue weighted by Crippen LogP contribution is -1.76. The fourth-order valence-corrected chi connectivity index (χ4v) is 1.28. The third-order valence-corrected chi connectivity index (χ3v) is 2.04. The van der Waals surface area contributed by atoms with Crippen LogP contribution < -0.4 is 0 Å².